The van der Waals surface area contributed by atoms with Crippen LogP contribution in [-0.4, -0.2) is 29.5 Å². The summed E-state index contributed by atoms with van der Waals surface area (Å²) in [6.45, 7) is 10.3. The summed E-state index contributed by atoms with van der Waals surface area (Å²) in [5.74, 6) is 0.611. The van der Waals surface area contributed by atoms with Crippen LogP contribution in [0.25, 0.3) is 0 Å². The van der Waals surface area contributed by atoms with E-state index in [1.807, 2.05) is 13.0 Å². The molecule has 0 saturated carbocycles. The zero-order valence-corrected chi connectivity index (χ0v) is 12.0. The fraction of sp³-hybridized carbons (Fsp3) is 0.667. The number of aromatic nitrogens is 1. The molecule has 0 aliphatic rings. The van der Waals surface area contributed by atoms with E-state index >= 15 is 0 Å². The van der Waals surface area contributed by atoms with E-state index in [0.29, 0.717) is 5.92 Å². The summed E-state index contributed by atoms with van der Waals surface area (Å²) in [4.78, 5) is 7.01. The van der Waals surface area contributed by atoms with E-state index < -0.39 is 0 Å². The molecule has 0 aliphatic carbocycles. The van der Waals surface area contributed by atoms with Crippen molar-refractivity contribution < 1.29 is 0 Å². The summed E-state index contributed by atoms with van der Waals surface area (Å²) >= 11 is 0. The number of hydrogen-bond donors (Lipinski definition) is 1. The quantitative estimate of drug-likeness (QED) is 0.770. The number of nitrogens with two attached hydrogens (primary N) is 1. The topological polar surface area (TPSA) is 42.1 Å². The predicted molar refractivity (Wildman–Crippen MR) is 77.4 cm³/mol. The average Bonchev–Trinajstić information content (AvgIpc) is 2.37. The zero-order valence-electron chi connectivity index (χ0n) is 12.0. The van der Waals surface area contributed by atoms with Gasteiger partial charge in [-0.2, -0.15) is 0 Å². The summed E-state index contributed by atoms with van der Waals surface area (Å²) < 4.78 is 0. The maximum Gasteiger partial charge on any atom is 0.0547 e. The van der Waals surface area contributed by atoms with E-state index in [1.165, 1.54) is 12.8 Å². The third-order valence-electron chi connectivity index (χ3n) is 3.33. The van der Waals surface area contributed by atoms with Crippen molar-refractivity contribution >= 4 is 0 Å². The fourth-order valence-electron chi connectivity index (χ4n) is 2.28. The Kier molecular flexibility index (Phi) is 6.91. The largest absolute Gasteiger partial charge is 0.330 e. The van der Waals surface area contributed by atoms with Crippen molar-refractivity contribution in [2.24, 2.45) is 11.7 Å². The number of hydrogen-bond acceptors (Lipinski definition) is 3. The third-order valence-corrected chi connectivity index (χ3v) is 3.33. The molecule has 18 heavy (non-hydrogen) atoms. The Bertz CT molecular complexity index is 338. The minimum Gasteiger partial charge on any atom is -0.330 e. The third kappa shape index (κ3) is 5.15. The summed E-state index contributed by atoms with van der Waals surface area (Å²) in [5.41, 5.74) is 8.08. The minimum atomic E-state index is 0.611. The molecule has 2 N–H and O–H groups in total. The summed E-state index contributed by atoms with van der Waals surface area (Å²) in [5, 5.41) is 0. The monoisotopic (exact) mass is 249 g/mol. The molecule has 0 fully saturated rings. The van der Waals surface area contributed by atoms with Crippen LogP contribution < -0.4 is 5.73 Å². The Hall–Kier alpha value is -0.930. The lowest BCUT2D eigenvalue weighted by molar-refractivity contribution is 0.226. The highest BCUT2D eigenvalue weighted by molar-refractivity contribution is 5.09. The molecular weight excluding hydrogens is 222 g/mol. The normalized spacial score (nSPS) is 12.9. The molecule has 3 nitrogen and oxygen atoms in total. The molecule has 1 rings (SSSR count). The van der Waals surface area contributed by atoms with Gasteiger partial charge in [-0.05, 0) is 44.5 Å². The van der Waals surface area contributed by atoms with E-state index in [-0.39, 0.29) is 0 Å². The van der Waals surface area contributed by atoms with Crippen LogP contribution in [-0.2, 0) is 6.54 Å². The molecule has 3 heteroatoms. The van der Waals surface area contributed by atoms with Gasteiger partial charge in [0.2, 0.25) is 0 Å². The smallest absolute Gasteiger partial charge is 0.0547 e. The lowest BCUT2D eigenvalue weighted by Gasteiger charge is -2.25. The Morgan fingerprint density at radius 3 is 2.67 bits per heavy atom. The molecule has 0 aromatic carbocycles. The average molecular weight is 249 g/mol. The van der Waals surface area contributed by atoms with Gasteiger partial charge in [-0.25, -0.2) is 0 Å². The molecule has 0 radical (unpaired) electrons. The molecule has 1 aromatic rings. The van der Waals surface area contributed by atoms with E-state index in [2.05, 4.69) is 35.9 Å². The summed E-state index contributed by atoms with van der Waals surface area (Å²) in [7, 11) is 0. The molecule has 0 spiro atoms. The highest BCUT2D eigenvalue weighted by atomic mass is 15.1. The second kappa shape index (κ2) is 8.22. The Labute approximate surface area is 111 Å². The maximum absolute atomic E-state index is 5.84. The van der Waals surface area contributed by atoms with Crippen molar-refractivity contribution in [3.63, 3.8) is 0 Å². The first kappa shape index (κ1) is 15.1. The predicted octanol–water partition coefficient (Wildman–Crippen LogP) is 2.59. The molecule has 1 aromatic heterocycles. The van der Waals surface area contributed by atoms with Crippen molar-refractivity contribution in [1.82, 2.24) is 9.88 Å². The number of rotatable bonds is 8. The van der Waals surface area contributed by atoms with E-state index in [0.717, 1.165) is 37.6 Å². The first-order chi connectivity index (χ1) is 8.69. The molecule has 1 atom stereocenters. The molecule has 0 amide bonds. The van der Waals surface area contributed by atoms with E-state index in [1.54, 1.807) is 0 Å². The van der Waals surface area contributed by atoms with Crippen molar-refractivity contribution in [3.8, 4) is 0 Å². The molecule has 0 saturated heterocycles. The number of pyridine rings is 1. The van der Waals surface area contributed by atoms with Crippen LogP contribution in [0.5, 0.6) is 0 Å². The Balaban J connectivity index is 2.55. The van der Waals surface area contributed by atoms with Gasteiger partial charge in [-0.15, -0.1) is 0 Å². The van der Waals surface area contributed by atoms with E-state index in [4.69, 9.17) is 5.73 Å². The van der Waals surface area contributed by atoms with Crippen LogP contribution in [0.1, 0.15) is 38.1 Å². The van der Waals surface area contributed by atoms with Gasteiger partial charge in [0.25, 0.3) is 0 Å². The molecule has 0 aliphatic heterocycles. The van der Waals surface area contributed by atoms with Gasteiger partial charge < -0.3 is 5.73 Å². The van der Waals surface area contributed by atoms with Crippen LogP contribution in [0.4, 0.5) is 0 Å². The van der Waals surface area contributed by atoms with Crippen LogP contribution >= 0.6 is 0 Å². The summed E-state index contributed by atoms with van der Waals surface area (Å²) in [6, 6.07) is 6.23. The maximum atomic E-state index is 5.84. The highest BCUT2D eigenvalue weighted by Gasteiger charge is 2.12. The van der Waals surface area contributed by atoms with Crippen molar-refractivity contribution in [2.45, 2.75) is 40.2 Å². The van der Waals surface area contributed by atoms with Gasteiger partial charge in [-0.3, -0.25) is 9.88 Å². The standard InChI is InChI=1S/C15H27N3/c1-4-7-14(10-16)11-18(5-2)12-15-9-6-8-13(3)17-15/h6,8-9,14H,4-5,7,10-12,16H2,1-3H3. The molecule has 1 heterocycles. The van der Waals surface area contributed by atoms with Crippen LogP contribution in [0.2, 0.25) is 0 Å². The van der Waals surface area contributed by atoms with Gasteiger partial charge in [0.1, 0.15) is 0 Å². The first-order valence-corrected chi connectivity index (χ1v) is 7.04. The Morgan fingerprint density at radius 1 is 1.33 bits per heavy atom. The minimum absolute atomic E-state index is 0.611. The van der Waals surface area contributed by atoms with Crippen LogP contribution in [0.3, 0.4) is 0 Å². The van der Waals surface area contributed by atoms with Crippen molar-refractivity contribution in [1.29, 1.82) is 0 Å². The lowest BCUT2D eigenvalue weighted by Crippen LogP contribution is -2.32. The Morgan fingerprint density at radius 2 is 2.11 bits per heavy atom. The molecule has 1 unspecified atom stereocenters. The SMILES string of the molecule is CCCC(CN)CN(CC)Cc1cccc(C)n1. The van der Waals surface area contributed by atoms with Gasteiger partial charge in [0.15, 0.2) is 0 Å². The van der Waals surface area contributed by atoms with Crippen molar-refractivity contribution in [3.05, 3.63) is 29.6 Å². The van der Waals surface area contributed by atoms with Gasteiger partial charge >= 0.3 is 0 Å². The second-order valence-electron chi connectivity index (χ2n) is 4.99. The molecule has 0 bridgehead atoms. The number of aryl methyl sites for hydroxylation is 1. The van der Waals surface area contributed by atoms with Gasteiger partial charge in [-0.1, -0.05) is 26.3 Å². The second-order valence-corrected chi connectivity index (χ2v) is 4.99. The van der Waals surface area contributed by atoms with Crippen LogP contribution in [0.15, 0.2) is 18.2 Å². The van der Waals surface area contributed by atoms with E-state index in [9.17, 15) is 0 Å². The van der Waals surface area contributed by atoms with Gasteiger partial charge in [0.05, 0.1) is 5.69 Å². The fourth-order valence-corrected chi connectivity index (χ4v) is 2.28. The first-order valence-electron chi connectivity index (χ1n) is 7.04. The van der Waals surface area contributed by atoms with Crippen LogP contribution in [0, 0.1) is 12.8 Å². The van der Waals surface area contributed by atoms with Gasteiger partial charge in [0, 0.05) is 18.8 Å². The number of nitrogens with zero attached hydrogens (tertiary/aromatic N) is 2. The zero-order chi connectivity index (χ0) is 13.4. The summed E-state index contributed by atoms with van der Waals surface area (Å²) in [6.07, 6.45) is 2.43. The highest BCUT2D eigenvalue weighted by Crippen LogP contribution is 2.10. The lowest BCUT2D eigenvalue weighted by atomic mass is 10.0. The molecular formula is C15H27N3. The van der Waals surface area contributed by atoms with Crippen molar-refractivity contribution in [2.75, 3.05) is 19.6 Å². The molecule has 102 valence electrons.